The molecule has 190 valence electrons. The van der Waals surface area contributed by atoms with Crippen molar-refractivity contribution in [1.82, 2.24) is 0 Å². The highest BCUT2D eigenvalue weighted by molar-refractivity contribution is 5.66. The zero-order chi connectivity index (χ0) is 24.2. The van der Waals surface area contributed by atoms with Crippen LogP contribution in [-0.4, -0.2) is 28.1 Å². The van der Waals surface area contributed by atoms with E-state index < -0.39 is 5.79 Å². The summed E-state index contributed by atoms with van der Waals surface area (Å²) in [5.74, 6) is 1.42. The molecule has 0 aromatic rings. The third-order valence-corrected chi connectivity index (χ3v) is 11.2. The molecule has 0 aromatic heterocycles. The minimum absolute atomic E-state index is 0.197. The standard InChI is InChI=1S/C29H50O4/c1-18(2)9-7-10-19(3)22-13-14-23-21-17-29(31,32)25-11-8-12-26(33-20(4)30)28(25,6)24(21)15-16-27(22,23)5/h18-19,21-26,31-32H,7-17H2,1-6H3/t19-,21+,22-,23+,24+,25?,26?,27-,28-/m1/s1. The van der Waals surface area contributed by atoms with Gasteiger partial charge < -0.3 is 14.9 Å². The van der Waals surface area contributed by atoms with Crippen molar-refractivity contribution in [3.05, 3.63) is 0 Å². The van der Waals surface area contributed by atoms with Gasteiger partial charge in [-0.25, -0.2) is 0 Å². The molecule has 2 N–H and O–H groups in total. The Hall–Kier alpha value is -0.610. The quantitative estimate of drug-likeness (QED) is 0.357. The van der Waals surface area contributed by atoms with E-state index in [1.54, 1.807) is 0 Å². The van der Waals surface area contributed by atoms with Crippen molar-refractivity contribution in [2.24, 2.45) is 52.3 Å². The summed E-state index contributed by atoms with van der Waals surface area (Å²) in [7, 11) is 0. The van der Waals surface area contributed by atoms with Crippen molar-refractivity contribution in [3.8, 4) is 0 Å². The molecule has 0 bridgehead atoms. The molecular formula is C29H50O4. The summed E-state index contributed by atoms with van der Waals surface area (Å²) >= 11 is 0. The number of rotatable bonds is 6. The molecular weight excluding hydrogens is 412 g/mol. The molecule has 0 amide bonds. The minimum atomic E-state index is -1.66. The highest BCUT2D eigenvalue weighted by Crippen LogP contribution is 2.69. The lowest BCUT2D eigenvalue weighted by atomic mass is 9.42. The van der Waals surface area contributed by atoms with Gasteiger partial charge in [-0.15, -0.1) is 0 Å². The van der Waals surface area contributed by atoms with E-state index >= 15 is 0 Å². The average Bonchev–Trinajstić information content (AvgIpc) is 3.06. The van der Waals surface area contributed by atoms with Gasteiger partial charge in [-0.1, -0.05) is 53.9 Å². The van der Waals surface area contributed by atoms with Crippen LogP contribution < -0.4 is 0 Å². The Bertz CT molecular complexity index is 716. The Kier molecular flexibility index (Phi) is 7.04. The maximum atomic E-state index is 12.0. The van der Waals surface area contributed by atoms with Gasteiger partial charge in [0, 0.05) is 24.7 Å². The zero-order valence-corrected chi connectivity index (χ0v) is 22.1. The fraction of sp³-hybridized carbons (Fsp3) is 0.966. The molecule has 4 nitrogen and oxygen atoms in total. The Morgan fingerprint density at radius 2 is 1.73 bits per heavy atom. The summed E-state index contributed by atoms with van der Waals surface area (Å²) in [6.07, 6.45) is 11.7. The van der Waals surface area contributed by atoms with Gasteiger partial charge in [0.15, 0.2) is 5.79 Å². The van der Waals surface area contributed by atoms with E-state index in [0.717, 1.165) is 43.4 Å². The molecule has 0 spiro atoms. The monoisotopic (exact) mass is 462 g/mol. The maximum absolute atomic E-state index is 12.0. The van der Waals surface area contributed by atoms with Crippen LogP contribution in [0, 0.1) is 52.3 Å². The Balaban J connectivity index is 1.59. The molecule has 4 saturated carbocycles. The predicted molar refractivity (Wildman–Crippen MR) is 131 cm³/mol. The maximum Gasteiger partial charge on any atom is 0.302 e. The van der Waals surface area contributed by atoms with Gasteiger partial charge in [0.1, 0.15) is 6.10 Å². The summed E-state index contributed by atoms with van der Waals surface area (Å²) in [6, 6.07) is 0. The van der Waals surface area contributed by atoms with E-state index in [9.17, 15) is 15.0 Å². The van der Waals surface area contributed by atoms with Gasteiger partial charge in [0.05, 0.1) is 0 Å². The molecule has 0 heterocycles. The lowest BCUT2D eigenvalue weighted by molar-refractivity contribution is -0.313. The van der Waals surface area contributed by atoms with Crippen LogP contribution in [0.4, 0.5) is 0 Å². The molecule has 9 atom stereocenters. The topological polar surface area (TPSA) is 66.8 Å². The van der Waals surface area contributed by atoms with Gasteiger partial charge in [-0.2, -0.15) is 0 Å². The van der Waals surface area contributed by atoms with Crippen LogP contribution in [0.3, 0.4) is 0 Å². The first-order valence-corrected chi connectivity index (χ1v) is 14.0. The minimum Gasteiger partial charge on any atom is -0.462 e. The molecule has 0 aliphatic heterocycles. The molecule has 4 heteroatoms. The summed E-state index contributed by atoms with van der Waals surface area (Å²) < 4.78 is 5.90. The average molecular weight is 463 g/mol. The number of ether oxygens (including phenoxy) is 1. The van der Waals surface area contributed by atoms with Crippen molar-refractivity contribution in [1.29, 1.82) is 0 Å². The smallest absolute Gasteiger partial charge is 0.302 e. The van der Waals surface area contributed by atoms with E-state index in [4.69, 9.17) is 4.74 Å². The van der Waals surface area contributed by atoms with Gasteiger partial charge >= 0.3 is 5.97 Å². The van der Waals surface area contributed by atoms with Crippen LogP contribution in [0.25, 0.3) is 0 Å². The second kappa shape index (κ2) is 9.12. The molecule has 4 rings (SSSR count). The number of hydrogen-bond acceptors (Lipinski definition) is 4. The SMILES string of the molecule is CC(=O)OC1CCCC2C(O)(O)C[C@@H]3[C@H](CC[C@]4(C)[C@@H]([C@H](C)CCCC(C)C)CC[C@@H]34)[C@@]12C. The van der Waals surface area contributed by atoms with E-state index in [2.05, 4.69) is 34.6 Å². The van der Waals surface area contributed by atoms with Gasteiger partial charge in [0.2, 0.25) is 0 Å². The lowest BCUT2D eigenvalue weighted by Crippen LogP contribution is -2.66. The van der Waals surface area contributed by atoms with Crippen molar-refractivity contribution in [2.45, 2.75) is 124 Å². The molecule has 4 aliphatic rings. The second-order valence-electron chi connectivity index (χ2n) is 13.4. The van der Waals surface area contributed by atoms with E-state index in [1.807, 2.05) is 0 Å². The predicted octanol–water partition coefficient (Wildman–Crippen LogP) is 6.33. The highest BCUT2D eigenvalue weighted by atomic mass is 16.5. The largest absolute Gasteiger partial charge is 0.462 e. The van der Waals surface area contributed by atoms with Crippen LogP contribution in [0.15, 0.2) is 0 Å². The molecule has 0 saturated heterocycles. The second-order valence-corrected chi connectivity index (χ2v) is 13.4. The fourth-order valence-corrected chi connectivity index (χ4v) is 9.82. The third-order valence-electron chi connectivity index (χ3n) is 11.2. The van der Waals surface area contributed by atoms with Crippen molar-refractivity contribution >= 4 is 5.97 Å². The molecule has 4 aliphatic carbocycles. The molecule has 2 unspecified atom stereocenters. The van der Waals surface area contributed by atoms with Crippen LogP contribution >= 0.6 is 0 Å². The third kappa shape index (κ3) is 4.30. The number of fused-ring (bicyclic) bond motifs is 5. The summed E-state index contributed by atoms with van der Waals surface area (Å²) in [6.45, 7) is 13.4. The zero-order valence-electron chi connectivity index (χ0n) is 22.1. The van der Waals surface area contributed by atoms with Crippen LogP contribution in [0.5, 0.6) is 0 Å². The van der Waals surface area contributed by atoms with Crippen molar-refractivity contribution in [3.63, 3.8) is 0 Å². The highest BCUT2D eigenvalue weighted by Gasteiger charge is 2.67. The molecule has 0 aromatic carbocycles. The number of esters is 1. The molecule has 0 radical (unpaired) electrons. The van der Waals surface area contributed by atoms with Crippen molar-refractivity contribution in [2.75, 3.05) is 0 Å². The normalized spacial score (nSPS) is 45.1. The first-order chi connectivity index (χ1) is 15.4. The van der Waals surface area contributed by atoms with Gasteiger partial charge in [-0.05, 0) is 85.9 Å². The van der Waals surface area contributed by atoms with E-state index in [-0.39, 0.29) is 23.4 Å². The van der Waals surface area contributed by atoms with E-state index in [0.29, 0.717) is 29.6 Å². The number of hydrogen-bond donors (Lipinski definition) is 2. The molecule has 4 fully saturated rings. The van der Waals surface area contributed by atoms with Crippen LogP contribution in [0.2, 0.25) is 0 Å². The number of carbonyl (C=O) groups is 1. The summed E-state index contributed by atoms with van der Waals surface area (Å²) in [4.78, 5) is 12.0. The summed E-state index contributed by atoms with van der Waals surface area (Å²) in [5, 5.41) is 22.8. The first-order valence-electron chi connectivity index (χ1n) is 14.0. The number of carbonyl (C=O) groups excluding carboxylic acids is 1. The number of aliphatic hydroxyl groups is 2. The van der Waals surface area contributed by atoms with Crippen LogP contribution in [-0.2, 0) is 9.53 Å². The first kappa shape index (κ1) is 25.5. The summed E-state index contributed by atoms with van der Waals surface area (Å²) in [5.41, 5.74) is -0.0537. The Morgan fingerprint density at radius 3 is 2.39 bits per heavy atom. The Labute approximate surface area is 202 Å². The molecule has 33 heavy (non-hydrogen) atoms. The van der Waals surface area contributed by atoms with Crippen molar-refractivity contribution < 1.29 is 19.7 Å². The fourth-order valence-electron chi connectivity index (χ4n) is 9.82. The van der Waals surface area contributed by atoms with Gasteiger partial charge in [-0.3, -0.25) is 4.79 Å². The lowest BCUT2D eigenvalue weighted by Gasteiger charge is -2.65. The Morgan fingerprint density at radius 1 is 1.00 bits per heavy atom. The van der Waals surface area contributed by atoms with E-state index in [1.165, 1.54) is 45.4 Å². The van der Waals surface area contributed by atoms with Gasteiger partial charge in [0.25, 0.3) is 0 Å². The van der Waals surface area contributed by atoms with Crippen LogP contribution in [0.1, 0.15) is 112 Å².